The number of hydrogen-bond acceptors (Lipinski definition) is 0. The molecule has 0 unspecified atom stereocenters. The minimum Gasteiger partial charge on any atom is -0.0985 e. The van der Waals surface area contributed by atoms with Gasteiger partial charge in [-0.2, -0.15) is 0 Å². The van der Waals surface area contributed by atoms with Crippen LogP contribution < -0.4 is 5.19 Å². The van der Waals surface area contributed by atoms with Gasteiger partial charge in [0, 0.05) is 10.2 Å². The van der Waals surface area contributed by atoms with E-state index in [1.54, 1.807) is 0 Å². The van der Waals surface area contributed by atoms with Crippen LogP contribution in [0.1, 0.15) is 16.7 Å². The van der Waals surface area contributed by atoms with E-state index in [-0.39, 0.29) is 0 Å². The van der Waals surface area contributed by atoms with Crippen molar-refractivity contribution < 1.29 is 0 Å². The van der Waals surface area contributed by atoms with Crippen LogP contribution in [0.2, 0.25) is 0 Å². The predicted molar refractivity (Wildman–Crippen MR) is 55.6 cm³/mol. The highest BCUT2D eigenvalue weighted by atomic mass is 28.1. The van der Waals surface area contributed by atoms with Gasteiger partial charge in [0.15, 0.2) is 0 Å². The Hall–Kier alpha value is -0.823. The van der Waals surface area contributed by atoms with Gasteiger partial charge in [-0.3, -0.25) is 0 Å². The Labute approximate surface area is 71.4 Å². The summed E-state index contributed by atoms with van der Waals surface area (Å²) in [6.07, 6.45) is 1.92. The van der Waals surface area contributed by atoms with Crippen molar-refractivity contribution in [1.82, 2.24) is 0 Å². The molecule has 58 valence electrons. The third kappa shape index (κ3) is 1.43. The number of hydrogen-bond donors (Lipinski definition) is 0. The fraction of sp³-hybridized carbons (Fsp3) is 0.200. The molecule has 0 radical (unpaired) electrons. The van der Waals surface area contributed by atoms with E-state index in [1.165, 1.54) is 21.9 Å². The zero-order chi connectivity index (χ0) is 8.43. The van der Waals surface area contributed by atoms with Crippen molar-refractivity contribution in [2.45, 2.75) is 13.8 Å². The van der Waals surface area contributed by atoms with Gasteiger partial charge in [-0.15, -0.1) is 0 Å². The first-order valence-electron chi connectivity index (χ1n) is 3.86. The molecule has 0 bridgehead atoms. The van der Waals surface area contributed by atoms with Crippen LogP contribution in [0.4, 0.5) is 0 Å². The molecule has 0 aliphatic carbocycles. The van der Waals surface area contributed by atoms with Gasteiger partial charge in [0.1, 0.15) is 0 Å². The molecule has 0 saturated heterocycles. The highest BCUT2D eigenvalue weighted by Crippen LogP contribution is 2.10. The Balaban J connectivity index is 3.36. The molecular weight excluding hydrogens is 148 g/mol. The molecule has 0 aromatic heterocycles. The van der Waals surface area contributed by atoms with Gasteiger partial charge in [-0.05, 0) is 30.5 Å². The van der Waals surface area contributed by atoms with E-state index in [4.69, 9.17) is 0 Å². The lowest BCUT2D eigenvalue weighted by molar-refractivity contribution is 1.35. The summed E-state index contributed by atoms with van der Waals surface area (Å²) in [7, 11) is 1.14. The topological polar surface area (TPSA) is 0 Å². The molecule has 0 aliphatic heterocycles. The fourth-order valence-electron chi connectivity index (χ4n) is 1.20. The molecule has 0 spiro atoms. The van der Waals surface area contributed by atoms with E-state index < -0.39 is 0 Å². The van der Waals surface area contributed by atoms with Crippen molar-refractivity contribution in [3.05, 3.63) is 35.4 Å². The van der Waals surface area contributed by atoms with Crippen molar-refractivity contribution in [3.63, 3.8) is 0 Å². The highest BCUT2D eigenvalue weighted by Gasteiger charge is 1.98. The van der Waals surface area contributed by atoms with Crippen LogP contribution in [0.15, 0.2) is 18.7 Å². The molecule has 0 aliphatic rings. The summed E-state index contributed by atoms with van der Waals surface area (Å²) in [6, 6.07) is 4.35. The summed E-state index contributed by atoms with van der Waals surface area (Å²) in [5.74, 6) is 0. The van der Waals surface area contributed by atoms with Crippen LogP contribution in [-0.2, 0) is 0 Å². The van der Waals surface area contributed by atoms with E-state index in [2.05, 4.69) is 32.6 Å². The maximum atomic E-state index is 3.77. The SMILES string of the molecule is C=Cc1ccc([SiH3])c(C)c1C. The summed E-state index contributed by atoms with van der Waals surface area (Å²) >= 11 is 0. The lowest BCUT2D eigenvalue weighted by Gasteiger charge is -2.06. The van der Waals surface area contributed by atoms with E-state index in [9.17, 15) is 0 Å². The molecule has 1 rings (SSSR count). The van der Waals surface area contributed by atoms with Crippen molar-refractivity contribution >= 4 is 21.5 Å². The molecule has 1 aromatic rings. The Kier molecular flexibility index (Phi) is 2.30. The second kappa shape index (κ2) is 3.05. The molecular formula is C10H14Si. The molecule has 1 aromatic carbocycles. The van der Waals surface area contributed by atoms with Crippen molar-refractivity contribution in [2.75, 3.05) is 0 Å². The molecule has 11 heavy (non-hydrogen) atoms. The number of rotatable bonds is 1. The van der Waals surface area contributed by atoms with Gasteiger partial charge in [-0.25, -0.2) is 0 Å². The second-order valence-corrected chi connectivity index (χ2v) is 4.00. The monoisotopic (exact) mass is 162 g/mol. The normalized spacial score (nSPS) is 10.0. The Morgan fingerprint density at radius 3 is 2.45 bits per heavy atom. The lowest BCUT2D eigenvalue weighted by Crippen LogP contribution is -2.08. The largest absolute Gasteiger partial charge is 0.0985 e. The Bertz CT molecular complexity index is 287. The molecule has 0 saturated carbocycles. The zero-order valence-corrected chi connectivity index (χ0v) is 9.44. The van der Waals surface area contributed by atoms with E-state index in [0.717, 1.165) is 10.2 Å². The van der Waals surface area contributed by atoms with Crippen LogP contribution in [0.5, 0.6) is 0 Å². The van der Waals surface area contributed by atoms with E-state index in [0.29, 0.717) is 0 Å². The quantitative estimate of drug-likeness (QED) is 0.539. The summed E-state index contributed by atoms with van der Waals surface area (Å²) in [6.45, 7) is 8.12. The van der Waals surface area contributed by atoms with Gasteiger partial charge in [-0.1, -0.05) is 30.0 Å². The van der Waals surface area contributed by atoms with Crippen molar-refractivity contribution in [2.24, 2.45) is 0 Å². The zero-order valence-electron chi connectivity index (χ0n) is 7.44. The van der Waals surface area contributed by atoms with Crippen LogP contribution in [-0.4, -0.2) is 10.2 Å². The maximum absolute atomic E-state index is 3.77. The van der Waals surface area contributed by atoms with Crippen LogP contribution in [0.25, 0.3) is 6.08 Å². The third-order valence-corrected chi connectivity index (χ3v) is 3.40. The first-order valence-corrected chi connectivity index (χ1v) is 4.86. The van der Waals surface area contributed by atoms with Crippen molar-refractivity contribution in [1.29, 1.82) is 0 Å². The summed E-state index contributed by atoms with van der Waals surface area (Å²) < 4.78 is 0. The van der Waals surface area contributed by atoms with Crippen LogP contribution in [0.3, 0.4) is 0 Å². The molecule has 0 amide bonds. The number of benzene rings is 1. The molecule has 0 fully saturated rings. The summed E-state index contributed by atoms with van der Waals surface area (Å²) in [5.41, 5.74) is 4.09. The molecule has 0 N–H and O–H groups in total. The smallest absolute Gasteiger partial charge is 0.0388 e. The molecule has 0 heterocycles. The average molecular weight is 162 g/mol. The fourth-order valence-corrected chi connectivity index (χ4v) is 1.74. The maximum Gasteiger partial charge on any atom is 0.0388 e. The lowest BCUT2D eigenvalue weighted by atomic mass is 10.0. The van der Waals surface area contributed by atoms with E-state index in [1.807, 2.05) is 6.08 Å². The minimum absolute atomic E-state index is 1.14. The summed E-state index contributed by atoms with van der Waals surface area (Å²) in [5, 5.41) is 1.49. The second-order valence-electron chi connectivity index (χ2n) is 2.93. The van der Waals surface area contributed by atoms with Gasteiger partial charge in [0.25, 0.3) is 0 Å². The Morgan fingerprint density at radius 1 is 1.27 bits per heavy atom. The standard InChI is InChI=1S/C10H14Si/c1-4-9-5-6-10(11)8(3)7(9)2/h4-6H,1H2,2-3,11H3. The predicted octanol–water partition coefficient (Wildman–Crippen LogP) is 0.937. The first kappa shape index (κ1) is 8.28. The van der Waals surface area contributed by atoms with Gasteiger partial charge >= 0.3 is 0 Å². The van der Waals surface area contributed by atoms with Gasteiger partial charge in [0.2, 0.25) is 0 Å². The third-order valence-electron chi connectivity index (χ3n) is 2.32. The van der Waals surface area contributed by atoms with E-state index >= 15 is 0 Å². The molecule has 0 nitrogen and oxygen atoms in total. The summed E-state index contributed by atoms with van der Waals surface area (Å²) in [4.78, 5) is 0. The first-order chi connectivity index (χ1) is 5.16. The highest BCUT2D eigenvalue weighted by molar-refractivity contribution is 6.33. The molecule has 0 atom stereocenters. The minimum atomic E-state index is 1.14. The van der Waals surface area contributed by atoms with Crippen LogP contribution >= 0.6 is 0 Å². The van der Waals surface area contributed by atoms with Crippen molar-refractivity contribution in [3.8, 4) is 0 Å². The average Bonchev–Trinajstić information content (AvgIpc) is 2.01. The van der Waals surface area contributed by atoms with Gasteiger partial charge in [0.05, 0.1) is 0 Å². The molecule has 1 heteroatoms. The van der Waals surface area contributed by atoms with Gasteiger partial charge < -0.3 is 0 Å². The van der Waals surface area contributed by atoms with Crippen LogP contribution in [0, 0.1) is 13.8 Å². The Morgan fingerprint density at radius 2 is 1.91 bits per heavy atom.